The molecule has 4 aliphatic rings. The summed E-state index contributed by atoms with van der Waals surface area (Å²) in [4.78, 5) is 44.6. The third-order valence-electron chi connectivity index (χ3n) is 8.92. The van der Waals surface area contributed by atoms with Crippen molar-refractivity contribution in [2.45, 2.75) is 28.8 Å². The first-order valence-corrected chi connectivity index (χ1v) is 14.5. The second kappa shape index (κ2) is 8.87. The van der Waals surface area contributed by atoms with Crippen LogP contribution >= 0.6 is 23.1 Å². The van der Waals surface area contributed by atoms with Crippen molar-refractivity contribution in [2.75, 3.05) is 19.1 Å². The number of alkyl halides is 3. The standard InChI is InChI=1S/C28H23F3N2O5S2/c1-37-16-7-6-11(8-17(16)38-2)18-19-14-10-15(22(19)39-24-23(18)40-27(36)32-24)21-20(14)25(34)33(26(21)35)13-5-3-4-12(9-13)28(29,30)31/h3-9,14-15,18-22H,10H2,1-2H3,(H,32,36)/t14-,15-,18+,19-,20+,21+,22-/m1/s1. The van der Waals surface area contributed by atoms with Gasteiger partial charge in [0.1, 0.15) is 0 Å². The van der Waals surface area contributed by atoms with Crippen LogP contribution in [0, 0.1) is 29.6 Å². The maximum atomic E-state index is 13.8. The molecule has 3 aromatic rings. The normalized spacial score (nSPS) is 30.3. The van der Waals surface area contributed by atoms with Crippen LogP contribution in [0.25, 0.3) is 0 Å². The van der Waals surface area contributed by atoms with E-state index in [-0.39, 0.29) is 39.5 Å². The van der Waals surface area contributed by atoms with Crippen LogP contribution in [0.5, 0.6) is 11.5 Å². The number of rotatable bonds is 4. The zero-order chi connectivity index (χ0) is 28.1. The zero-order valence-electron chi connectivity index (χ0n) is 21.2. The molecule has 0 spiro atoms. The van der Waals surface area contributed by atoms with Gasteiger partial charge >= 0.3 is 11.0 Å². The first kappa shape index (κ1) is 25.7. The molecule has 40 heavy (non-hydrogen) atoms. The zero-order valence-corrected chi connectivity index (χ0v) is 22.9. The molecule has 208 valence electrons. The van der Waals surface area contributed by atoms with Crippen molar-refractivity contribution in [2.24, 2.45) is 29.6 Å². The third kappa shape index (κ3) is 3.54. The summed E-state index contributed by atoms with van der Waals surface area (Å²) in [6.07, 6.45) is -3.92. The van der Waals surface area contributed by atoms with Gasteiger partial charge in [0.2, 0.25) is 11.8 Å². The number of H-pyrrole nitrogens is 1. The van der Waals surface area contributed by atoms with Crippen molar-refractivity contribution < 1.29 is 32.2 Å². The van der Waals surface area contributed by atoms with E-state index < -0.39 is 35.4 Å². The van der Waals surface area contributed by atoms with Crippen LogP contribution in [0.1, 0.15) is 28.3 Å². The maximum absolute atomic E-state index is 13.8. The van der Waals surface area contributed by atoms with Crippen molar-refractivity contribution >= 4 is 40.6 Å². The number of thioether (sulfide) groups is 1. The number of amides is 2. The van der Waals surface area contributed by atoms with Gasteiger partial charge in [-0.05, 0) is 60.1 Å². The van der Waals surface area contributed by atoms with Crippen LogP contribution in [0.4, 0.5) is 18.9 Å². The van der Waals surface area contributed by atoms with E-state index in [1.807, 2.05) is 18.2 Å². The summed E-state index contributed by atoms with van der Waals surface area (Å²) in [5.41, 5.74) is -0.0362. The Balaban J connectivity index is 1.30. The second-order valence-electron chi connectivity index (χ2n) is 10.6. The fraction of sp³-hybridized carbons (Fsp3) is 0.393. The van der Waals surface area contributed by atoms with E-state index in [2.05, 4.69) is 4.98 Å². The summed E-state index contributed by atoms with van der Waals surface area (Å²) in [5, 5.41) is 0.729. The first-order chi connectivity index (χ1) is 19.1. The van der Waals surface area contributed by atoms with Gasteiger partial charge in [-0.3, -0.25) is 19.3 Å². The number of halogens is 3. The number of aromatic nitrogens is 1. The number of hydrogen-bond acceptors (Lipinski definition) is 7. The number of hydrogen-bond donors (Lipinski definition) is 1. The Bertz CT molecular complexity index is 1620. The van der Waals surface area contributed by atoms with Gasteiger partial charge in [0, 0.05) is 16.0 Å². The van der Waals surface area contributed by atoms with E-state index in [0.29, 0.717) is 17.9 Å². The van der Waals surface area contributed by atoms with Crippen molar-refractivity contribution in [1.29, 1.82) is 0 Å². The number of nitrogens with zero attached hydrogens (tertiary/aromatic N) is 1. The van der Waals surface area contributed by atoms with Crippen LogP contribution in [0.3, 0.4) is 0 Å². The van der Waals surface area contributed by atoms with Gasteiger partial charge in [-0.15, -0.1) is 11.8 Å². The highest BCUT2D eigenvalue weighted by Crippen LogP contribution is 2.68. The largest absolute Gasteiger partial charge is 0.493 e. The minimum atomic E-state index is -4.59. The maximum Gasteiger partial charge on any atom is 0.416 e. The molecule has 2 aromatic carbocycles. The summed E-state index contributed by atoms with van der Waals surface area (Å²) in [5.74, 6) is -1.55. The van der Waals surface area contributed by atoms with Crippen molar-refractivity contribution in [3.63, 3.8) is 0 Å². The first-order valence-electron chi connectivity index (χ1n) is 12.8. The molecule has 2 aliphatic carbocycles. The fourth-order valence-electron chi connectivity index (χ4n) is 7.51. The van der Waals surface area contributed by atoms with E-state index in [9.17, 15) is 27.6 Å². The van der Waals surface area contributed by atoms with E-state index in [0.717, 1.165) is 43.8 Å². The monoisotopic (exact) mass is 588 g/mol. The number of anilines is 1. The molecule has 1 aromatic heterocycles. The molecule has 0 unspecified atom stereocenters. The molecule has 2 bridgehead atoms. The number of nitrogens with one attached hydrogen (secondary N) is 1. The molecule has 7 rings (SSSR count). The Labute approximate surface area is 234 Å². The quantitative estimate of drug-likeness (QED) is 0.424. The molecule has 1 saturated heterocycles. The number of carbonyl (C=O) groups excluding carboxylic acids is 2. The Kier molecular flexibility index (Phi) is 5.70. The Morgan fingerprint density at radius 2 is 1.68 bits per heavy atom. The lowest BCUT2D eigenvalue weighted by molar-refractivity contribution is -0.137. The molecule has 2 saturated carbocycles. The van der Waals surface area contributed by atoms with Gasteiger partial charge in [0.15, 0.2) is 11.5 Å². The SMILES string of the molecule is COc1ccc([C@@H]2c3sc(=O)[nH]c3S[C@@H]3[C@@H]4C[C@@H]([C@@H]5C(=O)N(c6cccc(C(F)(F)F)c6)C(=O)[C@@H]45)[C@H]23)cc1OC. The van der Waals surface area contributed by atoms with Crippen LogP contribution in [0.15, 0.2) is 52.3 Å². The number of methoxy groups -OCH3 is 2. The molecule has 12 heteroatoms. The van der Waals surface area contributed by atoms with Gasteiger partial charge in [-0.25, -0.2) is 0 Å². The fourth-order valence-corrected chi connectivity index (χ4v) is 10.4. The lowest BCUT2D eigenvalue weighted by atomic mass is 9.68. The summed E-state index contributed by atoms with van der Waals surface area (Å²) >= 11 is 2.70. The van der Waals surface area contributed by atoms with E-state index in [1.54, 1.807) is 26.0 Å². The highest BCUT2D eigenvalue weighted by molar-refractivity contribution is 8.00. The molecule has 7 nitrogen and oxygen atoms in total. The minimum absolute atomic E-state index is 0.0414. The van der Waals surface area contributed by atoms with Gasteiger partial charge in [-0.2, -0.15) is 13.2 Å². The minimum Gasteiger partial charge on any atom is -0.493 e. The average molecular weight is 589 g/mol. The average Bonchev–Trinajstić information content (AvgIpc) is 3.66. The number of fused-ring (bicyclic) bond motifs is 9. The van der Waals surface area contributed by atoms with Gasteiger partial charge in [0.05, 0.1) is 42.3 Å². The summed E-state index contributed by atoms with van der Waals surface area (Å²) in [6.45, 7) is 0. The number of aromatic amines is 1. The van der Waals surface area contributed by atoms with Crippen LogP contribution < -0.4 is 19.2 Å². The van der Waals surface area contributed by atoms with Crippen LogP contribution in [0.2, 0.25) is 0 Å². The lowest BCUT2D eigenvalue weighted by Gasteiger charge is -2.43. The highest BCUT2D eigenvalue weighted by atomic mass is 32.2. The molecular formula is C28H23F3N2O5S2. The molecule has 0 radical (unpaired) electrons. The Hall–Kier alpha value is -3.25. The van der Waals surface area contributed by atoms with E-state index >= 15 is 0 Å². The molecule has 3 heterocycles. The van der Waals surface area contributed by atoms with E-state index in [4.69, 9.17) is 9.47 Å². The van der Waals surface area contributed by atoms with Crippen molar-refractivity contribution in [3.8, 4) is 11.5 Å². The van der Waals surface area contributed by atoms with Gasteiger partial charge in [-0.1, -0.05) is 23.5 Å². The van der Waals surface area contributed by atoms with Crippen molar-refractivity contribution in [3.05, 3.63) is 68.1 Å². The second-order valence-corrected chi connectivity index (χ2v) is 12.8. The predicted octanol–water partition coefficient (Wildman–Crippen LogP) is 5.15. The summed E-state index contributed by atoms with van der Waals surface area (Å²) in [6, 6.07) is 10.0. The highest BCUT2D eigenvalue weighted by Gasteiger charge is 2.69. The lowest BCUT2D eigenvalue weighted by Crippen LogP contribution is -2.42. The molecule has 2 amide bonds. The predicted molar refractivity (Wildman–Crippen MR) is 142 cm³/mol. The molecule has 2 aliphatic heterocycles. The van der Waals surface area contributed by atoms with Gasteiger partial charge in [0.25, 0.3) is 0 Å². The van der Waals surface area contributed by atoms with E-state index in [1.165, 1.54) is 12.1 Å². The number of carbonyl (C=O) groups is 2. The summed E-state index contributed by atoms with van der Waals surface area (Å²) in [7, 11) is 3.10. The van der Waals surface area contributed by atoms with Crippen LogP contribution in [-0.4, -0.2) is 36.3 Å². The smallest absolute Gasteiger partial charge is 0.416 e. The molecular weight excluding hydrogens is 565 g/mol. The molecule has 3 fully saturated rings. The summed E-state index contributed by atoms with van der Waals surface area (Å²) < 4.78 is 51.2. The Morgan fingerprint density at radius 3 is 2.38 bits per heavy atom. The van der Waals surface area contributed by atoms with Crippen LogP contribution in [-0.2, 0) is 15.8 Å². The molecule has 7 atom stereocenters. The number of ether oxygens (including phenoxy) is 2. The third-order valence-corrected chi connectivity index (χ3v) is 11.5. The number of imide groups is 1. The number of thiazole rings is 1. The van der Waals surface area contributed by atoms with Crippen molar-refractivity contribution in [1.82, 2.24) is 4.98 Å². The molecule has 1 N–H and O–H groups in total. The topological polar surface area (TPSA) is 88.7 Å². The van der Waals surface area contributed by atoms with Gasteiger partial charge < -0.3 is 14.5 Å². The Morgan fingerprint density at radius 1 is 0.950 bits per heavy atom. The number of benzene rings is 2.